The first kappa shape index (κ1) is 21.3. The highest BCUT2D eigenvalue weighted by molar-refractivity contribution is 6.26. The highest BCUT2D eigenvalue weighted by atomic mass is 16.6. The number of rotatable bonds is 7. The molecular weight excluding hydrogens is 364 g/mol. The molecule has 0 bridgehead atoms. The van der Waals surface area contributed by atoms with Crippen molar-refractivity contribution in [3.8, 4) is 0 Å². The van der Waals surface area contributed by atoms with Gasteiger partial charge in [0.1, 0.15) is 12.0 Å². The lowest BCUT2D eigenvalue weighted by molar-refractivity contribution is -0.172. The van der Waals surface area contributed by atoms with Crippen LogP contribution in [-0.2, 0) is 28.7 Å². The van der Waals surface area contributed by atoms with Crippen LogP contribution in [0.25, 0.3) is 0 Å². The van der Waals surface area contributed by atoms with Gasteiger partial charge in [-0.15, -0.1) is 0 Å². The lowest BCUT2D eigenvalue weighted by atomic mass is 9.80. The molecule has 7 nitrogen and oxygen atoms in total. The summed E-state index contributed by atoms with van der Waals surface area (Å²) in [6, 6.07) is 0. The van der Waals surface area contributed by atoms with E-state index in [0.29, 0.717) is 12.3 Å². The molecule has 0 unspecified atom stereocenters. The normalized spacial score (nSPS) is 23.8. The number of ketones is 2. The molecule has 1 N–H and O–H groups in total. The molecule has 0 saturated heterocycles. The molecule has 1 aliphatic carbocycles. The van der Waals surface area contributed by atoms with Crippen molar-refractivity contribution in [1.29, 1.82) is 0 Å². The molecule has 0 amide bonds. The SMILES string of the molecule is CC[C@H](C)C[C@H](C)C(=O)O[C@]1(C)C(=O)C=C2C=C(C=CC(=O)O)OC=C2C1=O. The molecule has 150 valence electrons. The maximum Gasteiger partial charge on any atom is 0.328 e. The molecule has 0 spiro atoms. The van der Waals surface area contributed by atoms with Crippen LogP contribution in [0.1, 0.15) is 40.5 Å². The Balaban J connectivity index is 2.23. The van der Waals surface area contributed by atoms with Crippen LogP contribution in [-0.4, -0.2) is 34.2 Å². The van der Waals surface area contributed by atoms with Gasteiger partial charge in [0.25, 0.3) is 0 Å². The van der Waals surface area contributed by atoms with Crippen molar-refractivity contribution in [2.24, 2.45) is 11.8 Å². The van der Waals surface area contributed by atoms with Crippen LogP contribution in [0.4, 0.5) is 0 Å². The second-order valence-electron chi connectivity index (χ2n) is 7.27. The van der Waals surface area contributed by atoms with Gasteiger partial charge in [-0.1, -0.05) is 27.2 Å². The predicted molar refractivity (Wildman–Crippen MR) is 99.9 cm³/mol. The molecule has 3 atom stereocenters. The Labute approximate surface area is 163 Å². The van der Waals surface area contributed by atoms with Crippen molar-refractivity contribution >= 4 is 23.5 Å². The minimum Gasteiger partial charge on any atom is -0.478 e. The number of hydrogen-bond acceptors (Lipinski definition) is 6. The average molecular weight is 388 g/mol. The molecule has 1 heterocycles. The number of allylic oxidation sites excluding steroid dienone is 3. The summed E-state index contributed by atoms with van der Waals surface area (Å²) in [6.07, 6.45) is 7.32. The minimum atomic E-state index is -1.94. The summed E-state index contributed by atoms with van der Waals surface area (Å²) in [6.45, 7) is 7.03. The first-order valence-corrected chi connectivity index (χ1v) is 9.12. The second kappa shape index (κ2) is 8.37. The third-order valence-electron chi connectivity index (χ3n) is 4.91. The molecule has 28 heavy (non-hydrogen) atoms. The number of carbonyl (C=O) groups excluding carboxylic acids is 3. The quantitative estimate of drug-likeness (QED) is 0.406. The van der Waals surface area contributed by atoms with Gasteiger partial charge >= 0.3 is 11.9 Å². The molecule has 2 aliphatic rings. The average Bonchev–Trinajstić information content (AvgIpc) is 2.64. The fourth-order valence-electron chi connectivity index (χ4n) is 2.92. The summed E-state index contributed by atoms with van der Waals surface area (Å²) in [4.78, 5) is 48.5. The number of carboxylic acid groups (broad SMARTS) is 1. The van der Waals surface area contributed by atoms with Crippen molar-refractivity contribution in [2.45, 2.75) is 46.1 Å². The van der Waals surface area contributed by atoms with Crippen molar-refractivity contribution in [3.05, 3.63) is 47.5 Å². The Hall–Kier alpha value is -2.96. The molecule has 0 fully saturated rings. The highest BCUT2D eigenvalue weighted by Crippen LogP contribution is 2.34. The Morgan fingerprint density at radius 3 is 2.57 bits per heavy atom. The molecule has 0 aromatic heterocycles. The van der Waals surface area contributed by atoms with Crippen molar-refractivity contribution < 1.29 is 33.8 Å². The van der Waals surface area contributed by atoms with E-state index in [-0.39, 0.29) is 16.9 Å². The Kier molecular flexibility index (Phi) is 6.38. The van der Waals surface area contributed by atoms with Gasteiger partial charge in [-0.25, -0.2) is 4.79 Å². The number of esters is 1. The van der Waals surface area contributed by atoms with Gasteiger partial charge in [-0.3, -0.25) is 14.4 Å². The highest BCUT2D eigenvalue weighted by Gasteiger charge is 2.49. The lowest BCUT2D eigenvalue weighted by Crippen LogP contribution is -2.51. The standard InChI is InChI=1S/C21H24O7/c1-5-12(2)8-13(3)20(26)28-21(4)17(22)10-14-9-15(6-7-18(23)24)27-11-16(14)19(21)25/h6-7,9-13H,5,8H2,1-4H3,(H,23,24)/t12-,13-,21+/m0/s1. The van der Waals surface area contributed by atoms with Crippen LogP contribution in [0.5, 0.6) is 0 Å². The summed E-state index contributed by atoms with van der Waals surface area (Å²) in [5, 5.41) is 8.67. The van der Waals surface area contributed by atoms with Crippen LogP contribution in [0.2, 0.25) is 0 Å². The summed E-state index contributed by atoms with van der Waals surface area (Å²) in [5.41, 5.74) is -1.56. The summed E-state index contributed by atoms with van der Waals surface area (Å²) < 4.78 is 10.6. The Bertz CT molecular complexity index is 828. The summed E-state index contributed by atoms with van der Waals surface area (Å²) in [5.74, 6) is -3.03. The molecular formula is C21H24O7. The molecule has 2 rings (SSSR count). The van der Waals surface area contributed by atoms with Gasteiger partial charge < -0.3 is 14.6 Å². The molecule has 7 heteroatoms. The van der Waals surface area contributed by atoms with Crippen LogP contribution >= 0.6 is 0 Å². The minimum absolute atomic E-state index is 0.0944. The number of carbonyl (C=O) groups is 4. The summed E-state index contributed by atoms with van der Waals surface area (Å²) >= 11 is 0. The first-order chi connectivity index (χ1) is 13.1. The summed E-state index contributed by atoms with van der Waals surface area (Å²) in [7, 11) is 0. The molecule has 0 radical (unpaired) electrons. The van der Waals surface area contributed by atoms with Crippen molar-refractivity contribution in [1.82, 2.24) is 0 Å². The fraction of sp³-hybridized carbons (Fsp3) is 0.429. The number of fused-ring (bicyclic) bond motifs is 1. The van der Waals surface area contributed by atoms with E-state index in [9.17, 15) is 19.2 Å². The van der Waals surface area contributed by atoms with Crippen molar-refractivity contribution in [2.75, 3.05) is 0 Å². The molecule has 1 aliphatic heterocycles. The zero-order valence-corrected chi connectivity index (χ0v) is 16.4. The number of ether oxygens (including phenoxy) is 2. The molecule has 0 saturated carbocycles. The third kappa shape index (κ3) is 4.47. The van der Waals surface area contributed by atoms with Gasteiger partial charge in [0, 0.05) is 6.08 Å². The van der Waals surface area contributed by atoms with Crippen molar-refractivity contribution in [3.63, 3.8) is 0 Å². The lowest BCUT2D eigenvalue weighted by Gasteiger charge is -2.32. The number of carboxylic acids is 1. The van der Waals surface area contributed by atoms with Crippen LogP contribution in [0.3, 0.4) is 0 Å². The largest absolute Gasteiger partial charge is 0.478 e. The molecule has 0 aromatic rings. The van der Waals surface area contributed by atoms with E-state index in [1.54, 1.807) is 6.92 Å². The van der Waals surface area contributed by atoms with Gasteiger partial charge in [0.05, 0.1) is 11.5 Å². The van der Waals surface area contributed by atoms with E-state index >= 15 is 0 Å². The van der Waals surface area contributed by atoms with Crippen LogP contribution in [0.15, 0.2) is 47.5 Å². The van der Waals surface area contributed by atoms with Crippen LogP contribution in [0, 0.1) is 11.8 Å². The zero-order valence-electron chi connectivity index (χ0n) is 16.4. The smallest absolute Gasteiger partial charge is 0.328 e. The third-order valence-corrected chi connectivity index (χ3v) is 4.91. The predicted octanol–water partition coefficient (Wildman–Crippen LogP) is 2.88. The number of hydrogen-bond donors (Lipinski definition) is 1. The van der Waals surface area contributed by atoms with E-state index in [1.807, 2.05) is 13.8 Å². The molecule has 0 aromatic carbocycles. The Morgan fingerprint density at radius 1 is 1.29 bits per heavy atom. The first-order valence-electron chi connectivity index (χ1n) is 9.12. The maximum absolute atomic E-state index is 12.9. The van der Waals surface area contributed by atoms with E-state index < -0.39 is 35.0 Å². The van der Waals surface area contributed by atoms with E-state index in [0.717, 1.165) is 18.8 Å². The fourth-order valence-corrected chi connectivity index (χ4v) is 2.92. The van der Waals surface area contributed by atoms with Crippen LogP contribution < -0.4 is 0 Å². The monoisotopic (exact) mass is 388 g/mol. The van der Waals surface area contributed by atoms with Gasteiger partial charge in [0.15, 0.2) is 0 Å². The Morgan fingerprint density at radius 2 is 1.96 bits per heavy atom. The maximum atomic E-state index is 12.9. The number of aliphatic carboxylic acids is 1. The van der Waals surface area contributed by atoms with E-state index in [1.165, 1.54) is 25.2 Å². The second-order valence-corrected chi connectivity index (χ2v) is 7.27. The van der Waals surface area contributed by atoms with E-state index in [4.69, 9.17) is 14.6 Å². The topological polar surface area (TPSA) is 107 Å². The van der Waals surface area contributed by atoms with Gasteiger partial charge in [0.2, 0.25) is 17.2 Å². The van der Waals surface area contributed by atoms with E-state index in [2.05, 4.69) is 0 Å². The number of Topliss-reactive ketones (excluding diaryl/α,β-unsaturated/α-hetero) is 1. The van der Waals surface area contributed by atoms with Gasteiger partial charge in [-0.05, 0) is 43.1 Å². The van der Waals surface area contributed by atoms with Gasteiger partial charge in [-0.2, -0.15) is 0 Å². The zero-order chi connectivity index (χ0) is 21.1.